The molecule has 1 unspecified atom stereocenters. The van der Waals surface area contributed by atoms with Gasteiger partial charge in [0.05, 0.1) is 0 Å². The second kappa shape index (κ2) is 8.91. The Hall–Kier alpha value is -1.10. The first-order valence-corrected chi connectivity index (χ1v) is 6.66. The van der Waals surface area contributed by atoms with Gasteiger partial charge in [-0.3, -0.25) is 4.79 Å². The first kappa shape index (κ1) is 16.9. The third kappa shape index (κ3) is 6.59. The van der Waals surface area contributed by atoms with Crippen LogP contribution in [0.4, 0.5) is 0 Å². The highest BCUT2D eigenvalue weighted by Crippen LogP contribution is 2.10. The van der Waals surface area contributed by atoms with Gasteiger partial charge in [-0.25, -0.2) is 4.79 Å². The fourth-order valence-corrected chi connectivity index (χ4v) is 1.93. The quantitative estimate of drug-likeness (QED) is 0.654. The minimum absolute atomic E-state index is 0.305. The van der Waals surface area contributed by atoms with E-state index in [-0.39, 0.29) is 5.91 Å². The highest BCUT2D eigenvalue weighted by Gasteiger charge is 2.22. The number of hydrogen-bond donors (Lipinski definition) is 2. The van der Waals surface area contributed by atoms with E-state index in [1.54, 1.807) is 0 Å². The predicted molar refractivity (Wildman–Crippen MR) is 71.4 cm³/mol. The monoisotopic (exact) mass is 258 g/mol. The Bertz CT molecular complexity index is 265. The molecule has 1 amide bonds. The minimum atomic E-state index is -0.979. The highest BCUT2D eigenvalue weighted by molar-refractivity contribution is 5.82. The lowest BCUT2D eigenvalue weighted by Gasteiger charge is -2.27. The van der Waals surface area contributed by atoms with Crippen LogP contribution in [0, 0.1) is 5.92 Å². The van der Waals surface area contributed by atoms with Crippen LogP contribution in [0.1, 0.15) is 40.5 Å². The molecule has 0 aromatic carbocycles. The summed E-state index contributed by atoms with van der Waals surface area (Å²) in [5, 5.41) is 11.5. The molecule has 18 heavy (non-hydrogen) atoms. The summed E-state index contributed by atoms with van der Waals surface area (Å²) < 4.78 is 0. The maximum absolute atomic E-state index is 11.1. The number of aliphatic carboxylic acids is 1. The molecule has 0 heterocycles. The Kier molecular flexibility index (Phi) is 8.37. The Morgan fingerprint density at radius 2 is 1.72 bits per heavy atom. The minimum Gasteiger partial charge on any atom is -0.480 e. The molecule has 0 rings (SSSR count). The zero-order valence-corrected chi connectivity index (χ0v) is 11.9. The smallest absolute Gasteiger partial charge is 0.327 e. The number of carbonyl (C=O) groups excluding carboxylic acids is 1. The van der Waals surface area contributed by atoms with E-state index in [0.29, 0.717) is 12.5 Å². The lowest BCUT2D eigenvalue weighted by Crippen LogP contribution is -2.48. The Morgan fingerprint density at radius 1 is 1.17 bits per heavy atom. The van der Waals surface area contributed by atoms with Crippen LogP contribution >= 0.6 is 0 Å². The van der Waals surface area contributed by atoms with Gasteiger partial charge >= 0.3 is 5.97 Å². The van der Waals surface area contributed by atoms with E-state index in [1.807, 2.05) is 6.92 Å². The lowest BCUT2D eigenvalue weighted by atomic mass is 10.0. The molecule has 0 saturated heterocycles. The molecule has 0 bridgehead atoms. The van der Waals surface area contributed by atoms with Gasteiger partial charge in [0.25, 0.3) is 0 Å². The van der Waals surface area contributed by atoms with Crippen LogP contribution in [0.3, 0.4) is 0 Å². The number of likely N-dealkylation sites (N-methyl/N-ethyl adjacent to an activating group) is 1. The van der Waals surface area contributed by atoms with E-state index in [0.717, 1.165) is 25.9 Å². The van der Waals surface area contributed by atoms with Crippen LogP contribution in [-0.4, -0.2) is 47.6 Å². The summed E-state index contributed by atoms with van der Waals surface area (Å²) in [4.78, 5) is 24.1. The Balaban J connectivity index is 4.45. The van der Waals surface area contributed by atoms with Gasteiger partial charge < -0.3 is 15.3 Å². The molecule has 2 N–H and O–H groups in total. The van der Waals surface area contributed by atoms with Gasteiger partial charge in [0.15, 0.2) is 0 Å². The average molecular weight is 258 g/mol. The molecule has 0 spiro atoms. The number of rotatable bonds is 9. The van der Waals surface area contributed by atoms with Gasteiger partial charge in [-0.1, -0.05) is 33.6 Å². The number of carboxylic acids is 1. The fourth-order valence-electron chi connectivity index (χ4n) is 1.93. The van der Waals surface area contributed by atoms with Gasteiger partial charge in [0.1, 0.15) is 6.04 Å². The molecule has 0 aromatic rings. The molecule has 0 saturated carbocycles. The number of nitrogens with one attached hydrogen (secondary N) is 1. The standard InChI is InChI=1S/C13H26N2O3/c1-5-11(6-2)8-15(7-3)9-12(13(17)18)14-10(4)16/h11-12H,5-9H2,1-4H3,(H,14,16)(H,17,18). The van der Waals surface area contributed by atoms with Crippen molar-refractivity contribution in [2.24, 2.45) is 5.92 Å². The van der Waals surface area contributed by atoms with Crippen molar-refractivity contribution in [1.82, 2.24) is 10.2 Å². The summed E-state index contributed by atoms with van der Waals surface area (Å²) in [6.45, 7) is 9.67. The van der Waals surface area contributed by atoms with Crippen molar-refractivity contribution in [3.05, 3.63) is 0 Å². The van der Waals surface area contributed by atoms with E-state index in [2.05, 4.69) is 24.1 Å². The third-order valence-corrected chi connectivity index (χ3v) is 3.23. The highest BCUT2D eigenvalue weighted by atomic mass is 16.4. The van der Waals surface area contributed by atoms with E-state index in [1.165, 1.54) is 6.92 Å². The molecule has 5 nitrogen and oxygen atoms in total. The molecule has 5 heteroatoms. The molecule has 0 fully saturated rings. The maximum Gasteiger partial charge on any atom is 0.327 e. The topological polar surface area (TPSA) is 69.6 Å². The molecular formula is C13H26N2O3. The molecule has 0 radical (unpaired) electrons. The number of nitrogens with zero attached hydrogens (tertiary/aromatic N) is 1. The van der Waals surface area contributed by atoms with Crippen molar-refractivity contribution in [2.45, 2.75) is 46.6 Å². The van der Waals surface area contributed by atoms with Gasteiger partial charge in [-0.05, 0) is 12.5 Å². The summed E-state index contributed by atoms with van der Waals surface area (Å²) in [7, 11) is 0. The van der Waals surface area contributed by atoms with Crippen molar-refractivity contribution in [1.29, 1.82) is 0 Å². The summed E-state index contributed by atoms with van der Waals surface area (Å²) in [5.74, 6) is -0.703. The summed E-state index contributed by atoms with van der Waals surface area (Å²) in [6, 6.07) is -0.822. The second-order valence-corrected chi connectivity index (χ2v) is 4.63. The van der Waals surface area contributed by atoms with Crippen LogP contribution < -0.4 is 5.32 Å². The number of carbonyl (C=O) groups is 2. The summed E-state index contributed by atoms with van der Waals surface area (Å²) in [6.07, 6.45) is 2.18. The van der Waals surface area contributed by atoms with E-state index < -0.39 is 12.0 Å². The molecule has 1 atom stereocenters. The molecule has 106 valence electrons. The van der Waals surface area contributed by atoms with Crippen LogP contribution in [0.2, 0.25) is 0 Å². The lowest BCUT2D eigenvalue weighted by molar-refractivity contribution is -0.142. The van der Waals surface area contributed by atoms with Gasteiger partial charge in [-0.15, -0.1) is 0 Å². The van der Waals surface area contributed by atoms with Crippen molar-refractivity contribution in [3.63, 3.8) is 0 Å². The molecular weight excluding hydrogens is 232 g/mol. The van der Waals surface area contributed by atoms with Crippen LogP contribution in [0.15, 0.2) is 0 Å². The van der Waals surface area contributed by atoms with E-state index >= 15 is 0 Å². The van der Waals surface area contributed by atoms with Gasteiger partial charge in [-0.2, -0.15) is 0 Å². The average Bonchev–Trinajstić information content (AvgIpc) is 2.32. The molecule has 0 aliphatic carbocycles. The Labute approximate surface area is 110 Å². The van der Waals surface area contributed by atoms with Crippen molar-refractivity contribution >= 4 is 11.9 Å². The van der Waals surface area contributed by atoms with Gasteiger partial charge in [0, 0.05) is 20.0 Å². The van der Waals surface area contributed by atoms with Crippen molar-refractivity contribution in [2.75, 3.05) is 19.6 Å². The number of hydrogen-bond acceptors (Lipinski definition) is 3. The number of carboxylic acid groups (broad SMARTS) is 1. The van der Waals surface area contributed by atoms with Crippen LogP contribution in [0.25, 0.3) is 0 Å². The second-order valence-electron chi connectivity index (χ2n) is 4.63. The molecule has 0 aromatic heterocycles. The molecule has 0 aliphatic heterocycles. The maximum atomic E-state index is 11.1. The first-order chi connectivity index (χ1) is 8.44. The summed E-state index contributed by atoms with van der Waals surface area (Å²) >= 11 is 0. The van der Waals surface area contributed by atoms with E-state index in [4.69, 9.17) is 5.11 Å². The van der Waals surface area contributed by atoms with E-state index in [9.17, 15) is 9.59 Å². The molecule has 0 aliphatic rings. The van der Waals surface area contributed by atoms with Crippen LogP contribution in [0.5, 0.6) is 0 Å². The zero-order valence-electron chi connectivity index (χ0n) is 11.9. The van der Waals surface area contributed by atoms with Crippen molar-refractivity contribution in [3.8, 4) is 0 Å². The van der Waals surface area contributed by atoms with Gasteiger partial charge in [0.2, 0.25) is 5.91 Å². The third-order valence-electron chi connectivity index (χ3n) is 3.23. The normalized spacial score (nSPS) is 12.8. The Morgan fingerprint density at radius 3 is 2.06 bits per heavy atom. The number of amides is 1. The summed E-state index contributed by atoms with van der Waals surface area (Å²) in [5.41, 5.74) is 0. The van der Waals surface area contributed by atoms with Crippen LogP contribution in [-0.2, 0) is 9.59 Å². The largest absolute Gasteiger partial charge is 0.480 e. The first-order valence-electron chi connectivity index (χ1n) is 6.66. The fraction of sp³-hybridized carbons (Fsp3) is 0.846. The SMILES string of the molecule is CCC(CC)CN(CC)CC(NC(C)=O)C(=O)O. The van der Waals surface area contributed by atoms with Crippen molar-refractivity contribution < 1.29 is 14.7 Å². The zero-order chi connectivity index (χ0) is 14.1. The predicted octanol–water partition coefficient (Wildman–Crippen LogP) is 1.33.